The number of hydrogen-bond acceptors (Lipinski definition) is 4. The van der Waals surface area contributed by atoms with Crippen LogP contribution in [0.4, 0.5) is 0 Å². The Balaban J connectivity index is 3.25. The Bertz CT molecular complexity index is 202. The minimum absolute atomic E-state index is 0.691. The van der Waals surface area contributed by atoms with Crippen LogP contribution in [0.5, 0.6) is 0 Å². The van der Waals surface area contributed by atoms with Crippen LogP contribution in [0.15, 0.2) is 28.9 Å². The zero-order chi connectivity index (χ0) is 10.1. The largest absolute Gasteiger partial charge is 0.498 e. The molecular weight excluding hydrogens is 202 g/mol. The van der Waals surface area contributed by atoms with E-state index in [1.54, 1.807) is 27.8 Å². The molecule has 0 heterocycles. The summed E-state index contributed by atoms with van der Waals surface area (Å²) in [6, 6.07) is 0. The summed E-state index contributed by atoms with van der Waals surface area (Å²) in [4.78, 5) is 4.02. The van der Waals surface area contributed by atoms with Crippen LogP contribution < -0.4 is 0 Å². The highest BCUT2D eigenvalue weighted by Gasteiger charge is 1.93. The van der Waals surface area contributed by atoms with Crippen molar-refractivity contribution >= 4 is 27.8 Å². The van der Waals surface area contributed by atoms with Crippen molar-refractivity contribution in [2.75, 3.05) is 12.4 Å². The van der Waals surface area contributed by atoms with E-state index >= 15 is 0 Å². The first-order chi connectivity index (χ1) is 6.16. The maximum atomic E-state index is 5.19. The lowest BCUT2D eigenvalue weighted by atomic mass is 10.6. The normalized spacial score (nSPS) is 10.3. The molecule has 13 heavy (non-hydrogen) atoms. The molecule has 0 aliphatic heterocycles. The van der Waals surface area contributed by atoms with Crippen molar-refractivity contribution in [2.24, 2.45) is 4.99 Å². The van der Waals surface area contributed by atoms with E-state index in [9.17, 15) is 0 Å². The monoisotopic (exact) mass is 217 g/mol. The van der Waals surface area contributed by atoms with E-state index in [0.29, 0.717) is 6.61 Å². The molecule has 74 valence electrons. The van der Waals surface area contributed by atoms with Gasteiger partial charge in [-0.1, -0.05) is 24.0 Å². The van der Waals surface area contributed by atoms with Crippen LogP contribution in [0.2, 0.25) is 0 Å². The van der Waals surface area contributed by atoms with Gasteiger partial charge in [-0.05, 0) is 24.6 Å². The summed E-state index contributed by atoms with van der Waals surface area (Å²) in [6.07, 6.45) is 1.74. The Morgan fingerprint density at radius 2 is 2.23 bits per heavy atom. The predicted octanol–water partition coefficient (Wildman–Crippen LogP) is 3.48. The quantitative estimate of drug-likeness (QED) is 0.282. The Kier molecular flexibility index (Phi) is 8.04. The lowest BCUT2D eigenvalue weighted by Gasteiger charge is -2.03. The molecule has 0 spiro atoms. The Hall–Kier alpha value is -0.350. The van der Waals surface area contributed by atoms with Gasteiger partial charge >= 0.3 is 0 Å². The predicted molar refractivity (Wildman–Crippen MR) is 64.1 cm³/mol. The first kappa shape index (κ1) is 12.7. The summed E-state index contributed by atoms with van der Waals surface area (Å²) < 4.78 is 5.19. The van der Waals surface area contributed by atoms with Crippen LogP contribution in [0.1, 0.15) is 13.8 Å². The maximum Gasteiger partial charge on any atom is 0.0989 e. The topological polar surface area (TPSA) is 21.6 Å². The van der Waals surface area contributed by atoms with E-state index in [1.807, 2.05) is 13.8 Å². The van der Waals surface area contributed by atoms with Crippen LogP contribution in [0.25, 0.3) is 0 Å². The van der Waals surface area contributed by atoms with Crippen LogP contribution >= 0.6 is 21.6 Å². The maximum absolute atomic E-state index is 5.19. The van der Waals surface area contributed by atoms with Gasteiger partial charge in [-0.25, -0.2) is 0 Å². The molecule has 0 saturated heterocycles. The highest BCUT2D eigenvalue weighted by atomic mass is 33.1. The minimum atomic E-state index is 0.691. The van der Waals surface area contributed by atoms with E-state index < -0.39 is 0 Å². The number of ether oxygens (including phenoxy) is 1. The molecule has 0 N–H and O–H groups in total. The van der Waals surface area contributed by atoms with Gasteiger partial charge < -0.3 is 4.74 Å². The van der Waals surface area contributed by atoms with Crippen LogP contribution in [-0.2, 0) is 4.74 Å². The highest BCUT2D eigenvalue weighted by Crippen LogP contribution is 2.28. The molecule has 0 saturated carbocycles. The van der Waals surface area contributed by atoms with E-state index in [-0.39, 0.29) is 0 Å². The highest BCUT2D eigenvalue weighted by molar-refractivity contribution is 8.78. The average Bonchev–Trinajstić information content (AvgIpc) is 2.03. The van der Waals surface area contributed by atoms with Gasteiger partial charge in [0.2, 0.25) is 0 Å². The molecular formula is C9H15NOS2. The summed E-state index contributed by atoms with van der Waals surface area (Å²) in [5, 5.41) is 0.822. The second kappa shape index (κ2) is 8.26. The third-order valence-corrected chi connectivity index (χ3v) is 3.12. The number of allylic oxidation sites excluding steroid dienone is 1. The third kappa shape index (κ3) is 9.56. The average molecular weight is 217 g/mol. The molecule has 4 heteroatoms. The lowest BCUT2D eigenvalue weighted by molar-refractivity contribution is 0.236. The molecule has 0 aromatic rings. The van der Waals surface area contributed by atoms with Gasteiger partial charge in [0.05, 0.1) is 17.4 Å². The van der Waals surface area contributed by atoms with Crippen LogP contribution in [0, 0.1) is 0 Å². The number of nitrogens with zero attached hydrogens (tertiary/aromatic N) is 1. The van der Waals surface area contributed by atoms with Gasteiger partial charge in [0.15, 0.2) is 0 Å². The lowest BCUT2D eigenvalue weighted by Crippen LogP contribution is -1.92. The molecule has 0 fully saturated rings. The van der Waals surface area contributed by atoms with Crippen molar-refractivity contribution in [1.29, 1.82) is 0 Å². The molecule has 0 radical (unpaired) electrons. The summed E-state index contributed by atoms with van der Waals surface area (Å²) in [7, 11) is 3.25. The SMILES string of the molecule is C=C(C)OCCSSC(=C)N=CC. The minimum Gasteiger partial charge on any atom is -0.498 e. The van der Waals surface area contributed by atoms with E-state index in [0.717, 1.165) is 16.5 Å². The molecule has 0 bridgehead atoms. The van der Waals surface area contributed by atoms with Crippen molar-refractivity contribution < 1.29 is 4.74 Å². The zero-order valence-electron chi connectivity index (χ0n) is 8.08. The smallest absolute Gasteiger partial charge is 0.0989 e. The van der Waals surface area contributed by atoms with Crippen LogP contribution in [0.3, 0.4) is 0 Å². The number of aliphatic imine (C=N–C) groups is 1. The van der Waals surface area contributed by atoms with Gasteiger partial charge in [-0.15, -0.1) is 0 Å². The number of rotatable bonds is 7. The Labute approximate surface area is 87.9 Å². The molecule has 0 rings (SSSR count). The molecule has 0 amide bonds. The Morgan fingerprint density at radius 1 is 1.54 bits per heavy atom. The fraction of sp³-hybridized carbons (Fsp3) is 0.444. The Morgan fingerprint density at radius 3 is 2.77 bits per heavy atom. The van der Waals surface area contributed by atoms with Gasteiger partial charge in [0.1, 0.15) is 0 Å². The van der Waals surface area contributed by atoms with E-state index in [2.05, 4.69) is 18.2 Å². The van der Waals surface area contributed by atoms with Crippen molar-refractivity contribution in [3.05, 3.63) is 23.9 Å². The molecule has 0 aliphatic rings. The van der Waals surface area contributed by atoms with Gasteiger partial charge in [-0.3, -0.25) is 4.99 Å². The standard InChI is InChI=1S/C9H15NOS2/c1-5-10-9(4)13-12-7-6-11-8(2)3/h5H,2,4,6-7H2,1,3H3. The fourth-order valence-corrected chi connectivity index (χ4v) is 2.04. The fourth-order valence-electron chi connectivity index (χ4n) is 0.525. The van der Waals surface area contributed by atoms with Gasteiger partial charge in [0, 0.05) is 12.0 Å². The van der Waals surface area contributed by atoms with Crippen molar-refractivity contribution in [1.82, 2.24) is 0 Å². The summed E-state index contributed by atoms with van der Waals surface area (Å²) >= 11 is 0. The molecule has 0 aromatic carbocycles. The van der Waals surface area contributed by atoms with Crippen LogP contribution in [-0.4, -0.2) is 18.6 Å². The van der Waals surface area contributed by atoms with E-state index in [1.165, 1.54) is 0 Å². The molecule has 0 aliphatic carbocycles. The summed E-state index contributed by atoms with van der Waals surface area (Å²) in [5.41, 5.74) is 0. The van der Waals surface area contributed by atoms with Crippen molar-refractivity contribution in [2.45, 2.75) is 13.8 Å². The summed E-state index contributed by atoms with van der Waals surface area (Å²) in [5.74, 6) is 1.67. The first-order valence-corrected chi connectivity index (χ1v) is 6.24. The molecule has 0 aromatic heterocycles. The van der Waals surface area contributed by atoms with Crippen molar-refractivity contribution in [3.8, 4) is 0 Å². The molecule has 0 atom stereocenters. The van der Waals surface area contributed by atoms with Gasteiger partial charge in [0.25, 0.3) is 0 Å². The molecule has 2 nitrogen and oxygen atoms in total. The first-order valence-electron chi connectivity index (χ1n) is 3.92. The zero-order valence-corrected chi connectivity index (χ0v) is 9.71. The second-order valence-corrected chi connectivity index (χ2v) is 4.73. The van der Waals surface area contributed by atoms with Crippen molar-refractivity contribution in [3.63, 3.8) is 0 Å². The summed E-state index contributed by atoms with van der Waals surface area (Å²) in [6.45, 7) is 11.8. The third-order valence-electron chi connectivity index (χ3n) is 0.943. The molecule has 0 unspecified atom stereocenters. The van der Waals surface area contributed by atoms with E-state index in [4.69, 9.17) is 4.74 Å². The number of hydrogen-bond donors (Lipinski definition) is 0. The van der Waals surface area contributed by atoms with Gasteiger partial charge in [-0.2, -0.15) is 0 Å². The second-order valence-electron chi connectivity index (χ2n) is 2.24.